The number of benzene rings is 2. The van der Waals surface area contributed by atoms with E-state index in [0.717, 1.165) is 64.7 Å². The van der Waals surface area contributed by atoms with E-state index in [9.17, 15) is 9.59 Å². The molecule has 2 aliphatic heterocycles. The number of nitrogens with one attached hydrogen (secondary N) is 3. The second-order valence-electron chi connectivity index (χ2n) is 9.44. The molecule has 2 aromatic carbocycles. The third kappa shape index (κ3) is 4.54. The van der Waals surface area contributed by atoms with Gasteiger partial charge in [0.25, 0.3) is 11.8 Å². The van der Waals surface area contributed by atoms with Crippen LogP contribution in [0.1, 0.15) is 45.7 Å². The highest BCUT2D eigenvalue weighted by Gasteiger charge is 2.28. The molecule has 7 heteroatoms. The predicted octanol–water partition coefficient (Wildman–Crippen LogP) is 4.63. The minimum Gasteiger partial charge on any atom is -0.497 e. The molecule has 2 aliphatic rings. The molecule has 186 valence electrons. The Morgan fingerprint density at radius 3 is 2.69 bits per heavy atom. The number of likely N-dealkylation sites (tertiary alicyclic amines) is 1. The van der Waals surface area contributed by atoms with Gasteiger partial charge in [0.15, 0.2) is 0 Å². The fraction of sp³-hybridized carbons (Fsp3) is 0.310. The van der Waals surface area contributed by atoms with Crippen LogP contribution in [0.3, 0.4) is 0 Å². The summed E-state index contributed by atoms with van der Waals surface area (Å²) in [4.78, 5) is 31.8. The molecule has 2 amide bonds. The molecule has 36 heavy (non-hydrogen) atoms. The number of amides is 2. The fourth-order valence-corrected chi connectivity index (χ4v) is 5.24. The summed E-state index contributed by atoms with van der Waals surface area (Å²) in [6.07, 6.45) is 4.32. The van der Waals surface area contributed by atoms with E-state index in [1.165, 1.54) is 12.8 Å². The second-order valence-corrected chi connectivity index (χ2v) is 9.44. The van der Waals surface area contributed by atoms with Crippen molar-refractivity contribution < 1.29 is 14.3 Å². The lowest BCUT2D eigenvalue weighted by molar-refractivity contribution is -0.110. The molecule has 3 N–H and O–H groups in total. The van der Waals surface area contributed by atoms with Gasteiger partial charge in [-0.05, 0) is 80.7 Å². The van der Waals surface area contributed by atoms with Gasteiger partial charge in [0.1, 0.15) is 5.75 Å². The van der Waals surface area contributed by atoms with Gasteiger partial charge in [0.2, 0.25) is 0 Å². The van der Waals surface area contributed by atoms with Crippen LogP contribution in [0, 0.1) is 13.8 Å². The summed E-state index contributed by atoms with van der Waals surface area (Å²) >= 11 is 0. The Bertz CT molecular complexity index is 1350. The molecule has 0 bridgehead atoms. The molecule has 3 aromatic rings. The Hall–Kier alpha value is -3.84. The zero-order valence-electron chi connectivity index (χ0n) is 21.0. The summed E-state index contributed by atoms with van der Waals surface area (Å²) in [5.41, 5.74) is 7.11. The topological polar surface area (TPSA) is 86.5 Å². The van der Waals surface area contributed by atoms with Gasteiger partial charge in [-0.1, -0.05) is 24.3 Å². The molecule has 0 unspecified atom stereocenters. The average molecular weight is 485 g/mol. The van der Waals surface area contributed by atoms with Crippen molar-refractivity contribution >= 4 is 29.2 Å². The zero-order chi connectivity index (χ0) is 25.2. The summed E-state index contributed by atoms with van der Waals surface area (Å²) in [5, 5.41) is 6.06. The summed E-state index contributed by atoms with van der Waals surface area (Å²) in [5.74, 6) is 0.506. The van der Waals surface area contributed by atoms with Crippen molar-refractivity contribution in [2.75, 3.05) is 38.6 Å². The van der Waals surface area contributed by atoms with Gasteiger partial charge in [-0.2, -0.15) is 0 Å². The summed E-state index contributed by atoms with van der Waals surface area (Å²) in [6.45, 7) is 7.53. The Morgan fingerprint density at radius 1 is 1.14 bits per heavy atom. The van der Waals surface area contributed by atoms with Gasteiger partial charge < -0.3 is 25.3 Å². The fourth-order valence-electron chi connectivity index (χ4n) is 5.24. The van der Waals surface area contributed by atoms with Crippen molar-refractivity contribution in [1.29, 1.82) is 0 Å². The van der Waals surface area contributed by atoms with Crippen molar-refractivity contribution in [3.05, 3.63) is 70.5 Å². The van der Waals surface area contributed by atoms with E-state index >= 15 is 0 Å². The second kappa shape index (κ2) is 10.0. The lowest BCUT2D eigenvalue weighted by atomic mass is 9.94. The minimum absolute atomic E-state index is 0.0848. The Balaban J connectivity index is 1.45. The molecule has 0 saturated carbocycles. The first-order valence-electron chi connectivity index (χ1n) is 12.5. The molecular weight excluding hydrogens is 452 g/mol. The summed E-state index contributed by atoms with van der Waals surface area (Å²) < 4.78 is 5.41. The van der Waals surface area contributed by atoms with Crippen LogP contribution in [0.25, 0.3) is 22.8 Å². The third-order valence-corrected chi connectivity index (χ3v) is 7.11. The summed E-state index contributed by atoms with van der Waals surface area (Å²) in [6, 6.07) is 13.7. The lowest BCUT2D eigenvalue weighted by Gasteiger charge is -2.14. The van der Waals surface area contributed by atoms with Crippen LogP contribution in [-0.2, 0) is 4.79 Å². The van der Waals surface area contributed by atoms with Gasteiger partial charge in [-0.25, -0.2) is 0 Å². The van der Waals surface area contributed by atoms with Gasteiger partial charge in [0.05, 0.1) is 18.2 Å². The summed E-state index contributed by atoms with van der Waals surface area (Å²) in [7, 11) is 1.64. The average Bonchev–Trinajstić information content (AvgIpc) is 3.57. The van der Waals surface area contributed by atoms with Crippen LogP contribution < -0.4 is 15.4 Å². The van der Waals surface area contributed by atoms with Crippen molar-refractivity contribution in [3.8, 4) is 16.9 Å². The standard InChI is InChI=1S/C29H32N4O3/c1-18-25(31-19(2)26(18)29(35)30-12-15-33-13-4-5-14-33)17-23-27-22(10-7-11-24(27)32-28(23)34)20-8-6-9-21(16-20)36-3/h6-11,16-17,31H,4-5,12-15H2,1-3H3,(H,30,35)(H,32,34)/b23-17-. The maximum absolute atomic E-state index is 13.0. The highest BCUT2D eigenvalue weighted by molar-refractivity contribution is 6.36. The maximum Gasteiger partial charge on any atom is 0.256 e. The number of H-pyrrole nitrogens is 1. The van der Waals surface area contributed by atoms with Gasteiger partial charge in [-0.15, -0.1) is 0 Å². The molecule has 5 rings (SSSR count). The molecule has 1 fully saturated rings. The third-order valence-electron chi connectivity index (χ3n) is 7.11. The molecule has 0 aliphatic carbocycles. The van der Waals surface area contributed by atoms with Crippen molar-refractivity contribution in [1.82, 2.24) is 15.2 Å². The number of anilines is 1. The first-order chi connectivity index (χ1) is 17.5. The number of nitrogens with zero attached hydrogens (tertiary/aromatic N) is 1. The van der Waals surface area contributed by atoms with E-state index in [0.29, 0.717) is 17.7 Å². The molecule has 7 nitrogen and oxygen atoms in total. The van der Waals surface area contributed by atoms with Crippen LogP contribution in [0.5, 0.6) is 5.75 Å². The Labute approximate surface area is 211 Å². The van der Waals surface area contributed by atoms with Crippen LogP contribution >= 0.6 is 0 Å². The van der Waals surface area contributed by atoms with Gasteiger partial charge in [0, 0.05) is 35.7 Å². The van der Waals surface area contributed by atoms with Crippen LogP contribution in [0.15, 0.2) is 42.5 Å². The molecule has 1 saturated heterocycles. The highest BCUT2D eigenvalue weighted by Crippen LogP contribution is 2.41. The van der Waals surface area contributed by atoms with E-state index in [1.54, 1.807) is 7.11 Å². The van der Waals surface area contributed by atoms with E-state index in [4.69, 9.17) is 4.74 Å². The number of hydrogen-bond acceptors (Lipinski definition) is 4. The Kier molecular flexibility index (Phi) is 6.65. The largest absolute Gasteiger partial charge is 0.497 e. The predicted molar refractivity (Wildman–Crippen MR) is 143 cm³/mol. The highest BCUT2D eigenvalue weighted by atomic mass is 16.5. The number of hydrogen-bond donors (Lipinski definition) is 3. The van der Waals surface area contributed by atoms with Crippen molar-refractivity contribution in [2.24, 2.45) is 0 Å². The number of aryl methyl sites for hydroxylation is 1. The monoisotopic (exact) mass is 484 g/mol. The van der Waals surface area contributed by atoms with E-state index < -0.39 is 0 Å². The number of fused-ring (bicyclic) bond motifs is 1. The quantitative estimate of drug-likeness (QED) is 0.427. The van der Waals surface area contributed by atoms with Gasteiger partial charge >= 0.3 is 0 Å². The number of methoxy groups -OCH3 is 1. The van der Waals surface area contributed by atoms with E-state index in [1.807, 2.05) is 62.4 Å². The molecule has 0 spiro atoms. The number of aromatic nitrogens is 1. The van der Waals surface area contributed by atoms with E-state index in [-0.39, 0.29) is 11.8 Å². The molecule has 3 heterocycles. The molecule has 0 atom stereocenters. The normalized spacial score (nSPS) is 16.3. The first kappa shape index (κ1) is 23.9. The minimum atomic E-state index is -0.163. The molecular formula is C29H32N4O3. The number of aromatic amines is 1. The molecule has 0 radical (unpaired) electrons. The number of carbonyl (C=O) groups excluding carboxylic acids is 2. The van der Waals surface area contributed by atoms with Crippen molar-refractivity contribution in [3.63, 3.8) is 0 Å². The first-order valence-corrected chi connectivity index (χ1v) is 12.5. The van der Waals surface area contributed by atoms with Crippen LogP contribution in [0.4, 0.5) is 5.69 Å². The maximum atomic E-state index is 13.0. The lowest BCUT2D eigenvalue weighted by Crippen LogP contribution is -2.33. The molecule has 1 aromatic heterocycles. The van der Waals surface area contributed by atoms with Gasteiger partial charge in [-0.3, -0.25) is 9.59 Å². The SMILES string of the molecule is COc1cccc(-c2cccc3c2/C(=C/c2[nH]c(C)c(C(=O)NCCN4CCCC4)c2C)C(=O)N3)c1. The number of rotatable bonds is 7. The van der Waals surface area contributed by atoms with E-state index in [2.05, 4.69) is 20.5 Å². The zero-order valence-corrected chi connectivity index (χ0v) is 21.0. The Morgan fingerprint density at radius 2 is 1.92 bits per heavy atom. The number of carbonyl (C=O) groups is 2. The number of ether oxygens (including phenoxy) is 1. The smallest absolute Gasteiger partial charge is 0.256 e. The van der Waals surface area contributed by atoms with Crippen LogP contribution in [0.2, 0.25) is 0 Å². The van der Waals surface area contributed by atoms with Crippen molar-refractivity contribution in [2.45, 2.75) is 26.7 Å². The van der Waals surface area contributed by atoms with Crippen LogP contribution in [-0.4, -0.2) is 55.0 Å².